The van der Waals surface area contributed by atoms with Crippen molar-refractivity contribution in [2.75, 3.05) is 17.2 Å². The number of rotatable bonds is 4. The van der Waals surface area contributed by atoms with Crippen LogP contribution in [0.25, 0.3) is 0 Å². The lowest BCUT2D eigenvalue weighted by molar-refractivity contribution is 0.597. The van der Waals surface area contributed by atoms with Gasteiger partial charge in [0.15, 0.2) is 0 Å². The Kier molecular flexibility index (Phi) is 4.01. The highest BCUT2D eigenvalue weighted by molar-refractivity contribution is 7.89. The number of nitrogens with two attached hydrogens (primary N) is 2. The molecule has 0 heterocycles. The maximum Gasteiger partial charge on any atom is 0.238 e. The van der Waals surface area contributed by atoms with Gasteiger partial charge in [-0.2, -0.15) is 0 Å². The number of hydrogen-bond acceptors (Lipinski definition) is 4. The van der Waals surface area contributed by atoms with Crippen LogP contribution in [0.1, 0.15) is 32.6 Å². The molecule has 0 saturated heterocycles. The van der Waals surface area contributed by atoms with Gasteiger partial charge in [-0.15, -0.1) is 0 Å². The zero-order valence-corrected chi connectivity index (χ0v) is 12.0. The maximum absolute atomic E-state index is 11.5. The maximum atomic E-state index is 11.5. The summed E-state index contributed by atoms with van der Waals surface area (Å²) in [5.41, 5.74) is 7.08. The van der Waals surface area contributed by atoms with Crippen molar-refractivity contribution in [1.29, 1.82) is 0 Å². The third kappa shape index (κ3) is 3.19. The highest BCUT2D eigenvalue weighted by Gasteiger charge is 2.23. The van der Waals surface area contributed by atoms with Crippen molar-refractivity contribution < 1.29 is 8.42 Å². The van der Waals surface area contributed by atoms with Crippen LogP contribution in [0.5, 0.6) is 0 Å². The molecule has 0 aliphatic heterocycles. The van der Waals surface area contributed by atoms with Gasteiger partial charge in [0, 0.05) is 24.0 Å². The smallest absolute Gasteiger partial charge is 0.238 e. The molecule has 19 heavy (non-hydrogen) atoms. The lowest BCUT2D eigenvalue weighted by atomic mass is 10.1. The van der Waals surface area contributed by atoms with Crippen molar-refractivity contribution in [1.82, 2.24) is 0 Å². The van der Waals surface area contributed by atoms with Crippen LogP contribution in [-0.2, 0) is 10.0 Å². The van der Waals surface area contributed by atoms with Crippen molar-refractivity contribution >= 4 is 21.4 Å². The second kappa shape index (κ2) is 5.38. The molecule has 0 atom stereocenters. The zero-order valence-electron chi connectivity index (χ0n) is 11.2. The third-order valence-electron chi connectivity index (χ3n) is 3.68. The molecule has 106 valence electrons. The topological polar surface area (TPSA) is 89.4 Å². The molecule has 0 spiro atoms. The standard InChI is InChI=1S/C13H21N3O2S/c1-2-16(11-5-3-4-6-11)12-7-10(14)8-13(9-12)19(15,17)18/h7-9,11H,2-6,14H2,1H3,(H2,15,17,18). The molecule has 0 radical (unpaired) electrons. The number of nitrogen functional groups attached to an aromatic ring is 1. The Hall–Kier alpha value is -1.27. The predicted octanol–water partition coefficient (Wildman–Crippen LogP) is 1.69. The Morgan fingerprint density at radius 1 is 1.26 bits per heavy atom. The number of sulfonamides is 1. The van der Waals surface area contributed by atoms with E-state index in [0.717, 1.165) is 25.1 Å². The molecule has 1 aliphatic rings. The Bertz CT molecular complexity index is 551. The summed E-state index contributed by atoms with van der Waals surface area (Å²) >= 11 is 0. The number of primary sulfonamides is 1. The fourth-order valence-corrected chi connectivity index (χ4v) is 3.39. The number of benzene rings is 1. The van der Waals surface area contributed by atoms with E-state index in [1.165, 1.54) is 18.9 Å². The molecular formula is C13H21N3O2S. The van der Waals surface area contributed by atoms with E-state index in [1.54, 1.807) is 6.07 Å². The summed E-state index contributed by atoms with van der Waals surface area (Å²) in [6, 6.07) is 5.31. The molecule has 1 saturated carbocycles. The van der Waals surface area contributed by atoms with E-state index in [4.69, 9.17) is 10.9 Å². The molecule has 1 aromatic rings. The molecule has 0 bridgehead atoms. The summed E-state index contributed by atoms with van der Waals surface area (Å²) < 4.78 is 22.9. The normalized spacial score (nSPS) is 16.7. The second-order valence-corrected chi connectivity index (χ2v) is 6.59. The van der Waals surface area contributed by atoms with Crippen molar-refractivity contribution in [3.8, 4) is 0 Å². The molecule has 0 unspecified atom stereocenters. The largest absolute Gasteiger partial charge is 0.399 e. The quantitative estimate of drug-likeness (QED) is 0.823. The van der Waals surface area contributed by atoms with Crippen molar-refractivity contribution in [3.05, 3.63) is 18.2 Å². The molecule has 2 rings (SSSR count). The van der Waals surface area contributed by atoms with Crippen LogP contribution in [0.4, 0.5) is 11.4 Å². The molecule has 5 nitrogen and oxygen atoms in total. The molecule has 0 amide bonds. The van der Waals surface area contributed by atoms with Gasteiger partial charge in [0.2, 0.25) is 10.0 Å². The van der Waals surface area contributed by atoms with Gasteiger partial charge in [-0.25, -0.2) is 13.6 Å². The third-order valence-corrected chi connectivity index (χ3v) is 4.57. The fraction of sp³-hybridized carbons (Fsp3) is 0.538. The van der Waals surface area contributed by atoms with Crippen molar-refractivity contribution in [2.45, 2.75) is 43.5 Å². The van der Waals surface area contributed by atoms with Crippen LogP contribution in [0, 0.1) is 0 Å². The number of anilines is 2. The minimum absolute atomic E-state index is 0.0824. The fourth-order valence-electron chi connectivity index (χ4n) is 2.80. The SMILES string of the molecule is CCN(c1cc(N)cc(S(N)(=O)=O)c1)C1CCCC1. The summed E-state index contributed by atoms with van der Waals surface area (Å²) in [4.78, 5) is 2.30. The molecule has 1 aromatic carbocycles. The van der Waals surface area contributed by atoms with Gasteiger partial charge in [0.05, 0.1) is 4.90 Å². The van der Waals surface area contributed by atoms with E-state index in [2.05, 4.69) is 11.8 Å². The van der Waals surface area contributed by atoms with Crippen LogP contribution in [0.3, 0.4) is 0 Å². The predicted molar refractivity (Wildman–Crippen MR) is 77.5 cm³/mol. The van der Waals surface area contributed by atoms with Crippen LogP contribution >= 0.6 is 0 Å². The highest BCUT2D eigenvalue weighted by Crippen LogP contribution is 2.30. The van der Waals surface area contributed by atoms with Crippen molar-refractivity contribution in [2.24, 2.45) is 5.14 Å². The van der Waals surface area contributed by atoms with Gasteiger partial charge in [0.25, 0.3) is 0 Å². The zero-order chi connectivity index (χ0) is 14.0. The lowest BCUT2D eigenvalue weighted by Gasteiger charge is -2.30. The highest BCUT2D eigenvalue weighted by atomic mass is 32.2. The lowest BCUT2D eigenvalue weighted by Crippen LogP contribution is -2.33. The van der Waals surface area contributed by atoms with E-state index in [-0.39, 0.29) is 4.90 Å². The summed E-state index contributed by atoms with van der Waals surface area (Å²) in [7, 11) is -3.72. The molecule has 0 aromatic heterocycles. The monoisotopic (exact) mass is 283 g/mol. The van der Waals surface area contributed by atoms with Gasteiger partial charge in [-0.05, 0) is 38.0 Å². The van der Waals surface area contributed by atoms with Gasteiger partial charge >= 0.3 is 0 Å². The first-order valence-corrected chi connectivity index (χ1v) is 8.16. The summed E-state index contributed by atoms with van der Waals surface area (Å²) in [5, 5.41) is 5.19. The first-order chi connectivity index (χ1) is 8.91. The number of nitrogens with zero attached hydrogens (tertiary/aromatic N) is 1. The summed E-state index contributed by atoms with van der Waals surface area (Å²) in [6.45, 7) is 2.90. The van der Waals surface area contributed by atoms with E-state index >= 15 is 0 Å². The van der Waals surface area contributed by atoms with E-state index in [1.807, 2.05) is 6.07 Å². The van der Waals surface area contributed by atoms with Crippen LogP contribution in [0.15, 0.2) is 23.1 Å². The van der Waals surface area contributed by atoms with E-state index in [0.29, 0.717) is 11.7 Å². The Morgan fingerprint density at radius 3 is 2.42 bits per heavy atom. The van der Waals surface area contributed by atoms with Gasteiger partial charge in [-0.1, -0.05) is 12.8 Å². The van der Waals surface area contributed by atoms with Gasteiger partial charge < -0.3 is 10.6 Å². The van der Waals surface area contributed by atoms with Gasteiger partial charge in [-0.3, -0.25) is 0 Å². The average Bonchev–Trinajstić information content (AvgIpc) is 2.82. The van der Waals surface area contributed by atoms with Crippen LogP contribution < -0.4 is 15.8 Å². The minimum atomic E-state index is -3.72. The molecule has 1 aliphatic carbocycles. The average molecular weight is 283 g/mol. The first kappa shape index (κ1) is 14.1. The number of hydrogen-bond donors (Lipinski definition) is 2. The van der Waals surface area contributed by atoms with E-state index in [9.17, 15) is 8.42 Å². The van der Waals surface area contributed by atoms with Crippen molar-refractivity contribution in [3.63, 3.8) is 0 Å². The van der Waals surface area contributed by atoms with Crippen LogP contribution in [-0.4, -0.2) is 21.0 Å². The molecule has 6 heteroatoms. The first-order valence-electron chi connectivity index (χ1n) is 6.62. The summed E-state index contributed by atoms with van der Waals surface area (Å²) in [6.07, 6.45) is 4.75. The summed E-state index contributed by atoms with van der Waals surface area (Å²) in [5.74, 6) is 0. The molecular weight excluding hydrogens is 262 g/mol. The van der Waals surface area contributed by atoms with Gasteiger partial charge in [0.1, 0.15) is 0 Å². The van der Waals surface area contributed by atoms with E-state index < -0.39 is 10.0 Å². The Labute approximate surface area is 114 Å². The second-order valence-electron chi connectivity index (χ2n) is 5.03. The molecule has 4 N–H and O–H groups in total. The minimum Gasteiger partial charge on any atom is -0.399 e. The Balaban J connectivity index is 2.40. The van der Waals surface area contributed by atoms with Crippen LogP contribution in [0.2, 0.25) is 0 Å². The molecule has 1 fully saturated rings. The Morgan fingerprint density at radius 2 is 1.89 bits per heavy atom.